The Balaban J connectivity index is 1.72. The summed E-state index contributed by atoms with van der Waals surface area (Å²) in [6.07, 6.45) is -4.81. The molecule has 2 N–H and O–H groups in total. The topological polar surface area (TPSA) is 127 Å². The van der Waals surface area contributed by atoms with Gasteiger partial charge in [0.05, 0.1) is 29.5 Å². The largest absolute Gasteiger partial charge is 0.372 e. The fourth-order valence-electron chi connectivity index (χ4n) is 5.13. The molecule has 0 radical (unpaired) electrons. The normalized spacial score (nSPS) is 25.8. The van der Waals surface area contributed by atoms with Gasteiger partial charge in [-0.15, -0.1) is 0 Å². The molecule has 4 amide bonds. The van der Waals surface area contributed by atoms with E-state index in [-0.39, 0.29) is 17.8 Å². The van der Waals surface area contributed by atoms with Crippen molar-refractivity contribution in [3.63, 3.8) is 0 Å². The minimum Gasteiger partial charge on any atom is -0.372 e. The summed E-state index contributed by atoms with van der Waals surface area (Å²) >= 11 is 0. The van der Waals surface area contributed by atoms with E-state index in [2.05, 4.69) is 25.3 Å². The number of carbonyl (C=O) groups excluding carboxylic acids is 3. The van der Waals surface area contributed by atoms with E-state index >= 15 is 8.78 Å². The van der Waals surface area contributed by atoms with Gasteiger partial charge in [-0.25, -0.2) is 13.6 Å². The minimum atomic E-state index is -3.13. The standard InChI is InChI=1S/C20H17F4N5O5/c1-6-5-29-12-8(3-9(10(21)11(12)22)15-25-16(14(23)24)34-28-15)4-20(13(29)7(2)33-6)17(30)26-19(32)27-18(20)31/h3,6-7,13-14H,4-5H2,1-2H3,(H2,26,27,30,31,32)/t6-,7+,13-/m1/s1. The second-order valence-corrected chi connectivity index (χ2v) is 8.45. The van der Waals surface area contributed by atoms with Crippen molar-refractivity contribution in [3.05, 3.63) is 29.2 Å². The Hall–Kier alpha value is -3.55. The first kappa shape index (κ1) is 22.3. The number of urea groups is 1. The Morgan fingerprint density at radius 1 is 1.15 bits per heavy atom. The highest BCUT2D eigenvalue weighted by Gasteiger charge is 2.63. The maximum atomic E-state index is 15.5. The van der Waals surface area contributed by atoms with Gasteiger partial charge < -0.3 is 14.2 Å². The van der Waals surface area contributed by atoms with Crippen LogP contribution in [0, 0.1) is 17.0 Å². The molecule has 0 saturated carbocycles. The number of fused-ring (bicyclic) bond motifs is 4. The molecule has 2 saturated heterocycles. The lowest BCUT2D eigenvalue weighted by molar-refractivity contribution is -0.153. The third kappa shape index (κ3) is 3.01. The first-order valence-electron chi connectivity index (χ1n) is 10.3. The van der Waals surface area contributed by atoms with E-state index in [0.29, 0.717) is 0 Å². The van der Waals surface area contributed by atoms with Crippen molar-refractivity contribution in [3.8, 4) is 11.4 Å². The summed E-state index contributed by atoms with van der Waals surface area (Å²) in [6, 6.07) is -0.985. The van der Waals surface area contributed by atoms with Gasteiger partial charge >= 0.3 is 12.5 Å². The zero-order chi connectivity index (χ0) is 24.5. The fraction of sp³-hybridized carbons (Fsp3) is 0.450. The predicted octanol–water partition coefficient (Wildman–Crippen LogP) is 1.84. The van der Waals surface area contributed by atoms with Crippen LogP contribution in [0.25, 0.3) is 11.4 Å². The SMILES string of the molecule is C[C@@H]1CN2c3c(cc(-c4noc(C(F)F)n4)c(F)c3F)CC3(C(=O)NC(=O)NC3=O)[C@H]2[C@H](C)O1. The third-order valence-corrected chi connectivity index (χ3v) is 6.34. The summed E-state index contributed by atoms with van der Waals surface area (Å²) in [5.74, 6) is -6.28. The number of alkyl halides is 2. The number of rotatable bonds is 2. The second kappa shape index (κ2) is 7.48. The lowest BCUT2D eigenvalue weighted by Gasteiger charge is -2.55. The molecule has 180 valence electrons. The predicted molar refractivity (Wildman–Crippen MR) is 104 cm³/mol. The molecule has 0 aliphatic carbocycles. The number of halogens is 4. The molecule has 14 heteroatoms. The fourth-order valence-corrected chi connectivity index (χ4v) is 5.13. The van der Waals surface area contributed by atoms with Crippen LogP contribution in [0.15, 0.2) is 10.6 Å². The Morgan fingerprint density at radius 2 is 1.82 bits per heavy atom. The molecule has 0 bridgehead atoms. The minimum absolute atomic E-state index is 0.00567. The highest BCUT2D eigenvalue weighted by Crippen LogP contribution is 2.49. The number of ether oxygens (including phenoxy) is 1. The number of morpholine rings is 1. The zero-order valence-corrected chi connectivity index (χ0v) is 17.7. The molecule has 0 unspecified atom stereocenters. The first-order chi connectivity index (χ1) is 16.0. The van der Waals surface area contributed by atoms with Gasteiger partial charge in [0.1, 0.15) is 0 Å². The van der Waals surface area contributed by atoms with Crippen molar-refractivity contribution in [1.82, 2.24) is 20.8 Å². The molecule has 3 atom stereocenters. The number of hydrogen-bond donors (Lipinski definition) is 2. The number of hydrogen-bond acceptors (Lipinski definition) is 8. The van der Waals surface area contributed by atoms with Crippen molar-refractivity contribution >= 4 is 23.5 Å². The average Bonchev–Trinajstić information content (AvgIpc) is 3.24. The van der Waals surface area contributed by atoms with E-state index in [9.17, 15) is 23.2 Å². The Labute approximate surface area is 188 Å². The van der Waals surface area contributed by atoms with Crippen LogP contribution in [0.2, 0.25) is 0 Å². The zero-order valence-electron chi connectivity index (χ0n) is 17.7. The van der Waals surface area contributed by atoms with Gasteiger partial charge in [-0.05, 0) is 25.5 Å². The highest BCUT2D eigenvalue weighted by atomic mass is 19.3. The Bertz CT molecular complexity index is 1210. The summed E-state index contributed by atoms with van der Waals surface area (Å²) in [4.78, 5) is 42.7. The lowest BCUT2D eigenvalue weighted by atomic mass is 9.66. The number of imide groups is 2. The highest BCUT2D eigenvalue weighted by molar-refractivity contribution is 6.20. The number of barbiturate groups is 1. The number of carbonyl (C=O) groups is 3. The van der Waals surface area contributed by atoms with E-state index in [0.717, 1.165) is 6.07 Å². The number of aromatic nitrogens is 2. The van der Waals surface area contributed by atoms with Gasteiger partial charge in [-0.2, -0.15) is 13.8 Å². The maximum absolute atomic E-state index is 15.5. The van der Waals surface area contributed by atoms with Crippen molar-refractivity contribution in [1.29, 1.82) is 0 Å². The molecule has 34 heavy (non-hydrogen) atoms. The first-order valence-corrected chi connectivity index (χ1v) is 10.3. The van der Waals surface area contributed by atoms with E-state index in [4.69, 9.17) is 4.74 Å². The van der Waals surface area contributed by atoms with Crippen LogP contribution in [0.4, 0.5) is 28.0 Å². The van der Waals surface area contributed by atoms with Crippen molar-refractivity contribution in [2.45, 2.75) is 44.9 Å². The van der Waals surface area contributed by atoms with Gasteiger partial charge in [-0.3, -0.25) is 20.2 Å². The maximum Gasteiger partial charge on any atom is 0.328 e. The van der Waals surface area contributed by atoms with E-state index in [1.807, 2.05) is 0 Å². The van der Waals surface area contributed by atoms with Crippen LogP contribution in [-0.2, 0) is 20.7 Å². The second-order valence-electron chi connectivity index (χ2n) is 8.45. The molecule has 10 nitrogen and oxygen atoms in total. The van der Waals surface area contributed by atoms with Crippen LogP contribution in [0.5, 0.6) is 0 Å². The molecule has 2 aromatic rings. The van der Waals surface area contributed by atoms with Crippen molar-refractivity contribution < 1.29 is 41.2 Å². The summed E-state index contributed by atoms with van der Waals surface area (Å²) in [5.41, 5.74) is -2.68. The molecule has 1 spiro atoms. The summed E-state index contributed by atoms with van der Waals surface area (Å²) in [6.45, 7) is 3.28. The number of nitrogens with one attached hydrogen (secondary N) is 2. The Kier molecular flexibility index (Phi) is 4.90. The van der Waals surface area contributed by atoms with Crippen LogP contribution in [0.3, 0.4) is 0 Å². The summed E-state index contributed by atoms with van der Waals surface area (Å²) in [5, 5.41) is 7.44. The van der Waals surface area contributed by atoms with Crippen LogP contribution < -0.4 is 15.5 Å². The number of benzene rings is 1. The van der Waals surface area contributed by atoms with Gasteiger partial charge in [0, 0.05) is 13.0 Å². The smallest absolute Gasteiger partial charge is 0.328 e. The summed E-state index contributed by atoms with van der Waals surface area (Å²) in [7, 11) is 0. The third-order valence-electron chi connectivity index (χ3n) is 6.34. The molecular weight excluding hydrogens is 466 g/mol. The van der Waals surface area contributed by atoms with Crippen molar-refractivity contribution in [2.75, 3.05) is 11.4 Å². The average molecular weight is 483 g/mol. The monoisotopic (exact) mass is 483 g/mol. The molecule has 4 heterocycles. The lowest BCUT2D eigenvalue weighted by Crippen LogP contribution is -2.75. The molecule has 3 aliphatic heterocycles. The van der Waals surface area contributed by atoms with Gasteiger partial charge in [0.2, 0.25) is 17.6 Å². The molecule has 1 aromatic heterocycles. The van der Waals surface area contributed by atoms with E-state index in [1.165, 1.54) is 4.90 Å². The van der Waals surface area contributed by atoms with Gasteiger partial charge in [0.15, 0.2) is 17.0 Å². The van der Waals surface area contributed by atoms with Crippen LogP contribution in [0.1, 0.15) is 31.7 Å². The Morgan fingerprint density at radius 3 is 2.44 bits per heavy atom. The molecule has 5 rings (SSSR count). The van der Waals surface area contributed by atoms with E-state index in [1.54, 1.807) is 13.8 Å². The van der Waals surface area contributed by atoms with Crippen LogP contribution >= 0.6 is 0 Å². The van der Waals surface area contributed by atoms with Gasteiger partial charge in [-0.1, -0.05) is 5.16 Å². The molecular formula is C20H17F4N5O5. The number of amides is 4. The molecule has 1 aromatic carbocycles. The van der Waals surface area contributed by atoms with E-state index < -0.39 is 83.3 Å². The number of anilines is 1. The summed E-state index contributed by atoms with van der Waals surface area (Å²) < 4.78 is 66.5. The molecule has 2 fully saturated rings. The van der Waals surface area contributed by atoms with Crippen molar-refractivity contribution in [2.24, 2.45) is 5.41 Å². The molecule has 3 aliphatic rings. The van der Waals surface area contributed by atoms with Crippen LogP contribution in [-0.4, -0.2) is 52.8 Å². The number of nitrogens with zero attached hydrogens (tertiary/aromatic N) is 3. The van der Waals surface area contributed by atoms with Gasteiger partial charge in [0.25, 0.3) is 5.89 Å². The quantitative estimate of drug-likeness (QED) is 0.490.